The number of nitrogens with one attached hydrogen (secondary N) is 2. The van der Waals surface area contributed by atoms with E-state index >= 15 is 0 Å². The van der Waals surface area contributed by atoms with Gasteiger partial charge in [-0.05, 0) is 43.3 Å². The van der Waals surface area contributed by atoms with Crippen LogP contribution in [0.15, 0.2) is 54.7 Å². The number of amides is 1. The molecule has 1 aromatic carbocycles. The highest BCUT2D eigenvalue weighted by Crippen LogP contribution is 2.19. The van der Waals surface area contributed by atoms with Crippen LogP contribution < -0.4 is 15.4 Å². The van der Waals surface area contributed by atoms with Crippen molar-refractivity contribution in [2.45, 2.75) is 13.5 Å². The van der Waals surface area contributed by atoms with E-state index in [9.17, 15) is 4.79 Å². The molecule has 0 saturated carbocycles. The van der Waals surface area contributed by atoms with Gasteiger partial charge in [0.25, 0.3) is 5.91 Å². The number of aromatic nitrogens is 3. The van der Waals surface area contributed by atoms with Crippen molar-refractivity contribution in [3.05, 3.63) is 71.9 Å². The summed E-state index contributed by atoms with van der Waals surface area (Å²) in [5.41, 5.74) is 1.91. The van der Waals surface area contributed by atoms with Crippen LogP contribution in [-0.4, -0.2) is 28.0 Å². The summed E-state index contributed by atoms with van der Waals surface area (Å²) < 4.78 is 5.14. The number of pyridine rings is 1. The topological polar surface area (TPSA) is 89.0 Å². The minimum atomic E-state index is -0.279. The van der Waals surface area contributed by atoms with E-state index in [0.29, 0.717) is 23.9 Å². The molecule has 2 N–H and O–H groups in total. The third kappa shape index (κ3) is 4.54. The fourth-order valence-corrected chi connectivity index (χ4v) is 2.33. The summed E-state index contributed by atoms with van der Waals surface area (Å²) >= 11 is 0. The number of hydrogen-bond acceptors (Lipinski definition) is 6. The van der Waals surface area contributed by atoms with Gasteiger partial charge in [-0.1, -0.05) is 6.07 Å². The lowest BCUT2D eigenvalue weighted by atomic mass is 10.3. The normalized spacial score (nSPS) is 10.2. The summed E-state index contributed by atoms with van der Waals surface area (Å²) in [7, 11) is 1.62. The Balaban J connectivity index is 1.70. The Bertz CT molecular complexity index is 882. The number of hydrogen-bond donors (Lipinski definition) is 2. The van der Waals surface area contributed by atoms with E-state index in [2.05, 4.69) is 25.6 Å². The van der Waals surface area contributed by atoms with E-state index in [0.717, 1.165) is 17.1 Å². The summed E-state index contributed by atoms with van der Waals surface area (Å²) in [6, 6.07) is 14.6. The van der Waals surface area contributed by atoms with E-state index in [1.807, 2.05) is 42.5 Å². The Kier molecular flexibility index (Phi) is 5.38. The molecule has 0 unspecified atom stereocenters. The van der Waals surface area contributed by atoms with E-state index in [1.165, 1.54) is 0 Å². The zero-order valence-electron chi connectivity index (χ0n) is 14.6. The van der Waals surface area contributed by atoms with Gasteiger partial charge < -0.3 is 15.4 Å². The molecule has 0 fully saturated rings. The number of rotatable bonds is 6. The van der Waals surface area contributed by atoms with Gasteiger partial charge in [-0.15, -0.1) is 0 Å². The van der Waals surface area contributed by atoms with Crippen LogP contribution in [0.2, 0.25) is 0 Å². The van der Waals surface area contributed by atoms with Crippen LogP contribution in [-0.2, 0) is 6.54 Å². The van der Waals surface area contributed by atoms with E-state index in [-0.39, 0.29) is 5.91 Å². The van der Waals surface area contributed by atoms with Crippen LogP contribution in [0.25, 0.3) is 0 Å². The van der Waals surface area contributed by atoms with E-state index in [1.54, 1.807) is 26.3 Å². The Morgan fingerprint density at radius 3 is 2.62 bits per heavy atom. The molecule has 0 aliphatic carbocycles. The molecule has 1 amide bonds. The lowest BCUT2D eigenvalue weighted by Crippen LogP contribution is -2.24. The number of nitrogens with zero attached hydrogens (tertiary/aromatic N) is 3. The molecular weight excluding hydrogens is 330 g/mol. The second kappa shape index (κ2) is 8.06. The number of anilines is 2. The van der Waals surface area contributed by atoms with Gasteiger partial charge in [0.05, 0.1) is 19.3 Å². The molecule has 7 heteroatoms. The first-order chi connectivity index (χ1) is 12.6. The quantitative estimate of drug-likeness (QED) is 0.711. The van der Waals surface area contributed by atoms with Gasteiger partial charge in [0.1, 0.15) is 23.1 Å². The Labute approximate surface area is 151 Å². The minimum absolute atomic E-state index is 0.279. The second-order valence-corrected chi connectivity index (χ2v) is 5.54. The van der Waals surface area contributed by atoms with Gasteiger partial charge in [0.2, 0.25) is 0 Å². The average Bonchev–Trinajstić information content (AvgIpc) is 2.67. The van der Waals surface area contributed by atoms with Gasteiger partial charge in [0.15, 0.2) is 0 Å². The van der Waals surface area contributed by atoms with Crippen LogP contribution in [0.3, 0.4) is 0 Å². The van der Waals surface area contributed by atoms with Gasteiger partial charge >= 0.3 is 0 Å². The number of methoxy groups -OCH3 is 1. The summed E-state index contributed by atoms with van der Waals surface area (Å²) in [6.45, 7) is 2.08. The van der Waals surface area contributed by atoms with Crippen molar-refractivity contribution in [1.82, 2.24) is 20.3 Å². The first kappa shape index (κ1) is 17.3. The van der Waals surface area contributed by atoms with Crippen molar-refractivity contribution < 1.29 is 9.53 Å². The molecule has 0 bridgehead atoms. The van der Waals surface area contributed by atoms with Crippen LogP contribution in [0.5, 0.6) is 5.75 Å². The summed E-state index contributed by atoms with van der Waals surface area (Å²) in [5.74, 6) is 1.54. The maximum atomic E-state index is 12.4. The third-order valence-corrected chi connectivity index (χ3v) is 3.59. The SMILES string of the molecule is COc1ccc(Nc2cc(C(=O)NCc3ccccn3)nc(C)n2)cc1. The highest BCUT2D eigenvalue weighted by atomic mass is 16.5. The van der Waals surface area contributed by atoms with Gasteiger partial charge in [-0.25, -0.2) is 9.97 Å². The zero-order valence-corrected chi connectivity index (χ0v) is 14.6. The largest absolute Gasteiger partial charge is 0.497 e. The molecule has 0 radical (unpaired) electrons. The van der Waals surface area contributed by atoms with E-state index < -0.39 is 0 Å². The zero-order chi connectivity index (χ0) is 18.4. The summed E-state index contributed by atoms with van der Waals surface area (Å²) in [4.78, 5) is 25.1. The van der Waals surface area contributed by atoms with Crippen molar-refractivity contribution in [3.63, 3.8) is 0 Å². The van der Waals surface area contributed by atoms with Gasteiger partial charge in [0, 0.05) is 18.0 Å². The molecule has 2 heterocycles. The number of carbonyl (C=O) groups excluding carboxylic acids is 1. The van der Waals surface area contributed by atoms with Crippen molar-refractivity contribution in [2.24, 2.45) is 0 Å². The molecule has 7 nitrogen and oxygen atoms in total. The molecule has 0 aliphatic rings. The second-order valence-electron chi connectivity index (χ2n) is 5.54. The number of carbonyl (C=O) groups is 1. The highest BCUT2D eigenvalue weighted by Gasteiger charge is 2.11. The number of ether oxygens (including phenoxy) is 1. The first-order valence-electron chi connectivity index (χ1n) is 8.09. The first-order valence-corrected chi connectivity index (χ1v) is 8.09. The monoisotopic (exact) mass is 349 g/mol. The lowest BCUT2D eigenvalue weighted by Gasteiger charge is -2.09. The van der Waals surface area contributed by atoms with Crippen molar-refractivity contribution >= 4 is 17.4 Å². The number of aryl methyl sites for hydroxylation is 1. The van der Waals surface area contributed by atoms with E-state index in [4.69, 9.17) is 4.74 Å². The average molecular weight is 349 g/mol. The highest BCUT2D eigenvalue weighted by molar-refractivity contribution is 5.93. The molecule has 26 heavy (non-hydrogen) atoms. The molecule has 3 aromatic rings. The Hall–Kier alpha value is -3.48. The Morgan fingerprint density at radius 1 is 1.12 bits per heavy atom. The standard InChI is InChI=1S/C19H19N5O2/c1-13-22-17(19(25)21-12-15-5-3-4-10-20-15)11-18(23-13)24-14-6-8-16(26-2)9-7-14/h3-11H,12H2,1-2H3,(H,21,25)(H,22,23,24). The third-order valence-electron chi connectivity index (χ3n) is 3.59. The molecular formula is C19H19N5O2. The molecule has 132 valence electrons. The molecule has 0 spiro atoms. The predicted molar refractivity (Wildman–Crippen MR) is 98.5 cm³/mol. The lowest BCUT2D eigenvalue weighted by molar-refractivity contribution is 0.0945. The molecule has 3 rings (SSSR count). The van der Waals surface area contributed by atoms with Crippen molar-refractivity contribution in [1.29, 1.82) is 0 Å². The number of benzene rings is 1. The van der Waals surface area contributed by atoms with Crippen molar-refractivity contribution in [3.8, 4) is 5.75 Å². The maximum absolute atomic E-state index is 12.4. The van der Waals surface area contributed by atoms with Gasteiger partial charge in [-0.3, -0.25) is 9.78 Å². The molecule has 2 aromatic heterocycles. The molecule has 0 aliphatic heterocycles. The van der Waals surface area contributed by atoms with Crippen LogP contribution in [0, 0.1) is 6.92 Å². The fourth-order valence-electron chi connectivity index (χ4n) is 2.33. The molecule has 0 saturated heterocycles. The summed E-state index contributed by atoms with van der Waals surface area (Å²) in [5, 5.41) is 5.98. The van der Waals surface area contributed by atoms with Crippen LogP contribution in [0.4, 0.5) is 11.5 Å². The molecule has 0 atom stereocenters. The van der Waals surface area contributed by atoms with Crippen LogP contribution >= 0.6 is 0 Å². The summed E-state index contributed by atoms with van der Waals surface area (Å²) in [6.07, 6.45) is 1.69. The van der Waals surface area contributed by atoms with Gasteiger partial charge in [-0.2, -0.15) is 0 Å². The van der Waals surface area contributed by atoms with Crippen LogP contribution in [0.1, 0.15) is 22.0 Å². The fraction of sp³-hybridized carbons (Fsp3) is 0.158. The smallest absolute Gasteiger partial charge is 0.270 e. The predicted octanol–water partition coefficient (Wildman–Crippen LogP) is 2.86. The minimum Gasteiger partial charge on any atom is -0.497 e. The van der Waals surface area contributed by atoms with Crippen molar-refractivity contribution in [2.75, 3.05) is 12.4 Å². The maximum Gasteiger partial charge on any atom is 0.270 e. The Morgan fingerprint density at radius 2 is 1.92 bits per heavy atom.